The molecule has 1 saturated carbocycles. The Balaban J connectivity index is 2.03. The van der Waals surface area contributed by atoms with Crippen molar-refractivity contribution in [3.05, 3.63) is 35.6 Å². The Morgan fingerprint density at radius 2 is 1.76 bits per heavy atom. The average molecular weight is 235 g/mol. The second-order valence-corrected chi connectivity index (χ2v) is 4.94. The van der Waals surface area contributed by atoms with Gasteiger partial charge in [0.1, 0.15) is 5.82 Å². The van der Waals surface area contributed by atoms with Crippen LogP contribution in [0.25, 0.3) is 0 Å². The van der Waals surface area contributed by atoms with Gasteiger partial charge in [-0.15, -0.1) is 0 Å². The summed E-state index contributed by atoms with van der Waals surface area (Å²) in [5.41, 5.74) is 6.35. The number of benzene rings is 1. The van der Waals surface area contributed by atoms with E-state index in [9.17, 15) is 9.18 Å². The second kappa shape index (κ2) is 4.96. The van der Waals surface area contributed by atoms with Gasteiger partial charge in [0.05, 0.1) is 5.54 Å². The van der Waals surface area contributed by atoms with Gasteiger partial charge in [-0.2, -0.15) is 0 Å². The molecule has 1 aliphatic rings. The van der Waals surface area contributed by atoms with E-state index in [2.05, 4.69) is 0 Å². The molecule has 1 aromatic rings. The van der Waals surface area contributed by atoms with Gasteiger partial charge < -0.3 is 5.73 Å². The Morgan fingerprint density at radius 1 is 1.18 bits per heavy atom. The van der Waals surface area contributed by atoms with Crippen molar-refractivity contribution in [1.82, 2.24) is 0 Å². The molecular formula is C14H18FNO. The van der Waals surface area contributed by atoms with Gasteiger partial charge in [0.25, 0.3) is 0 Å². The molecule has 0 bridgehead atoms. The Bertz CT molecular complexity index is 393. The highest BCUT2D eigenvalue weighted by atomic mass is 19.1. The highest BCUT2D eigenvalue weighted by molar-refractivity contribution is 5.90. The summed E-state index contributed by atoms with van der Waals surface area (Å²) >= 11 is 0. The van der Waals surface area contributed by atoms with Crippen molar-refractivity contribution in [2.45, 2.75) is 44.1 Å². The van der Waals surface area contributed by atoms with Gasteiger partial charge >= 0.3 is 0 Å². The van der Waals surface area contributed by atoms with Gasteiger partial charge in [-0.3, -0.25) is 4.79 Å². The summed E-state index contributed by atoms with van der Waals surface area (Å²) in [6.07, 6.45) is 5.12. The molecule has 0 saturated heterocycles. The van der Waals surface area contributed by atoms with Crippen LogP contribution in [0.15, 0.2) is 24.3 Å². The number of hydrogen-bond donors (Lipinski definition) is 1. The van der Waals surface area contributed by atoms with Gasteiger partial charge in [-0.1, -0.05) is 31.4 Å². The maximum atomic E-state index is 12.7. The molecule has 1 aliphatic carbocycles. The zero-order valence-electron chi connectivity index (χ0n) is 9.92. The number of nitrogens with two attached hydrogens (primary N) is 1. The minimum Gasteiger partial charge on any atom is -0.319 e. The monoisotopic (exact) mass is 235 g/mol. The molecule has 2 rings (SSSR count). The lowest BCUT2D eigenvalue weighted by atomic mass is 9.78. The van der Waals surface area contributed by atoms with E-state index in [4.69, 9.17) is 5.73 Å². The fraction of sp³-hybridized carbons (Fsp3) is 0.500. The van der Waals surface area contributed by atoms with Crippen LogP contribution in [0.3, 0.4) is 0 Å². The van der Waals surface area contributed by atoms with E-state index in [1.165, 1.54) is 18.6 Å². The third kappa shape index (κ3) is 2.91. The lowest BCUT2D eigenvalue weighted by molar-refractivity contribution is -0.124. The van der Waals surface area contributed by atoms with Crippen molar-refractivity contribution in [1.29, 1.82) is 0 Å². The number of ketones is 1. The maximum Gasteiger partial charge on any atom is 0.156 e. The van der Waals surface area contributed by atoms with Gasteiger partial charge in [-0.25, -0.2) is 4.39 Å². The summed E-state index contributed by atoms with van der Waals surface area (Å²) in [5, 5.41) is 0. The minimum absolute atomic E-state index is 0.0869. The van der Waals surface area contributed by atoms with Crippen LogP contribution in [0, 0.1) is 5.82 Å². The molecule has 0 unspecified atom stereocenters. The molecule has 0 atom stereocenters. The van der Waals surface area contributed by atoms with E-state index in [1.807, 2.05) is 0 Å². The molecule has 2 N–H and O–H groups in total. The van der Waals surface area contributed by atoms with Crippen molar-refractivity contribution in [3.8, 4) is 0 Å². The fourth-order valence-corrected chi connectivity index (χ4v) is 2.43. The molecule has 17 heavy (non-hydrogen) atoms. The maximum absolute atomic E-state index is 12.7. The largest absolute Gasteiger partial charge is 0.319 e. The molecule has 3 heteroatoms. The topological polar surface area (TPSA) is 43.1 Å². The summed E-state index contributed by atoms with van der Waals surface area (Å²) < 4.78 is 12.7. The third-order valence-corrected chi connectivity index (χ3v) is 3.58. The third-order valence-electron chi connectivity index (χ3n) is 3.58. The molecule has 92 valence electrons. The molecule has 2 nitrogen and oxygen atoms in total. The lowest BCUT2D eigenvalue weighted by Crippen LogP contribution is -2.50. The van der Waals surface area contributed by atoms with E-state index >= 15 is 0 Å². The zero-order valence-corrected chi connectivity index (χ0v) is 9.92. The Hall–Kier alpha value is -1.22. The lowest BCUT2D eigenvalue weighted by Gasteiger charge is -2.31. The Labute approximate surface area is 101 Å². The van der Waals surface area contributed by atoms with Crippen LogP contribution in [-0.4, -0.2) is 11.3 Å². The first-order valence-corrected chi connectivity index (χ1v) is 6.17. The van der Waals surface area contributed by atoms with Gasteiger partial charge in [-0.05, 0) is 30.5 Å². The quantitative estimate of drug-likeness (QED) is 0.875. The Morgan fingerprint density at radius 3 is 2.35 bits per heavy atom. The van der Waals surface area contributed by atoms with Gasteiger partial charge in [0.2, 0.25) is 0 Å². The number of halogens is 1. The van der Waals surface area contributed by atoms with E-state index in [0.717, 1.165) is 31.2 Å². The van der Waals surface area contributed by atoms with E-state index in [0.29, 0.717) is 6.42 Å². The summed E-state index contributed by atoms with van der Waals surface area (Å²) in [4.78, 5) is 12.2. The van der Waals surface area contributed by atoms with E-state index < -0.39 is 5.54 Å². The molecule has 1 aromatic carbocycles. The van der Waals surface area contributed by atoms with Crippen molar-refractivity contribution < 1.29 is 9.18 Å². The minimum atomic E-state index is -0.646. The number of carbonyl (C=O) groups excluding carboxylic acids is 1. The highest BCUT2D eigenvalue weighted by Gasteiger charge is 2.34. The molecule has 0 aromatic heterocycles. The molecular weight excluding hydrogens is 217 g/mol. The SMILES string of the molecule is NC1(C(=O)Cc2ccc(F)cc2)CCCCC1. The first kappa shape index (κ1) is 12.2. The predicted octanol–water partition coefficient (Wildman–Crippen LogP) is 2.60. The number of hydrogen-bond acceptors (Lipinski definition) is 2. The standard InChI is InChI=1S/C14H18FNO/c15-12-6-4-11(5-7-12)10-13(17)14(16)8-2-1-3-9-14/h4-7H,1-3,8-10,16H2. The van der Waals surface area contributed by atoms with Crippen molar-refractivity contribution in [2.24, 2.45) is 5.73 Å². The van der Waals surface area contributed by atoms with Crippen LogP contribution in [0.1, 0.15) is 37.7 Å². The van der Waals surface area contributed by atoms with Crippen molar-refractivity contribution in [2.75, 3.05) is 0 Å². The molecule has 0 aliphatic heterocycles. The van der Waals surface area contributed by atoms with Gasteiger partial charge in [0.15, 0.2) is 5.78 Å². The number of rotatable bonds is 3. The molecule has 0 amide bonds. The second-order valence-electron chi connectivity index (χ2n) is 4.94. The van der Waals surface area contributed by atoms with Crippen molar-refractivity contribution in [3.63, 3.8) is 0 Å². The average Bonchev–Trinajstić information content (AvgIpc) is 2.33. The van der Waals surface area contributed by atoms with Crippen LogP contribution in [0.2, 0.25) is 0 Å². The van der Waals surface area contributed by atoms with Crippen LogP contribution in [0.4, 0.5) is 4.39 Å². The predicted molar refractivity (Wildman–Crippen MR) is 65.1 cm³/mol. The molecule has 0 spiro atoms. The normalized spacial score (nSPS) is 18.9. The van der Waals surface area contributed by atoms with E-state index in [1.54, 1.807) is 12.1 Å². The summed E-state index contributed by atoms with van der Waals surface area (Å²) in [6.45, 7) is 0. The van der Waals surface area contributed by atoms with Crippen LogP contribution < -0.4 is 5.73 Å². The molecule has 0 radical (unpaired) electrons. The zero-order chi connectivity index (χ0) is 12.3. The summed E-state index contributed by atoms with van der Waals surface area (Å²) in [5.74, 6) is -0.190. The number of Topliss-reactive ketones (excluding diaryl/α,β-unsaturated/α-hetero) is 1. The van der Waals surface area contributed by atoms with Crippen molar-refractivity contribution >= 4 is 5.78 Å². The smallest absolute Gasteiger partial charge is 0.156 e. The number of carbonyl (C=O) groups is 1. The molecule has 1 fully saturated rings. The summed E-state index contributed by atoms with van der Waals surface area (Å²) in [7, 11) is 0. The van der Waals surface area contributed by atoms with E-state index in [-0.39, 0.29) is 11.6 Å². The first-order chi connectivity index (χ1) is 8.10. The first-order valence-electron chi connectivity index (χ1n) is 6.17. The molecule has 0 heterocycles. The Kier molecular flexibility index (Phi) is 3.57. The van der Waals surface area contributed by atoms with Crippen LogP contribution in [0.5, 0.6) is 0 Å². The fourth-order valence-electron chi connectivity index (χ4n) is 2.43. The van der Waals surface area contributed by atoms with Crippen LogP contribution in [-0.2, 0) is 11.2 Å². The van der Waals surface area contributed by atoms with Crippen LogP contribution >= 0.6 is 0 Å². The van der Waals surface area contributed by atoms with Gasteiger partial charge in [0, 0.05) is 6.42 Å². The highest BCUT2D eigenvalue weighted by Crippen LogP contribution is 2.27. The summed E-state index contributed by atoms with van der Waals surface area (Å²) in [6, 6.07) is 6.07.